The summed E-state index contributed by atoms with van der Waals surface area (Å²) in [5.41, 5.74) is 11.7. The summed E-state index contributed by atoms with van der Waals surface area (Å²) in [6.45, 7) is 0. The monoisotopic (exact) mass is 386 g/mol. The topological polar surface area (TPSA) is 24.4 Å². The summed E-state index contributed by atoms with van der Waals surface area (Å²) < 4.78 is 0. The van der Waals surface area contributed by atoms with Crippen LogP contribution in [0.3, 0.4) is 0 Å². The van der Waals surface area contributed by atoms with Crippen LogP contribution in [0.5, 0.6) is 0 Å². The molecule has 30 heavy (non-hydrogen) atoms. The number of benzene rings is 4. The Hall–Kier alpha value is -3.91. The van der Waals surface area contributed by atoms with Crippen LogP contribution in [-0.4, -0.2) is 6.21 Å². The number of fused-ring (bicyclic) bond motifs is 1. The van der Waals surface area contributed by atoms with E-state index in [-0.39, 0.29) is 5.92 Å². The number of hydrogen-bond donors (Lipinski definition) is 1. The zero-order chi connectivity index (χ0) is 20.2. The van der Waals surface area contributed by atoms with Gasteiger partial charge in [-0.15, -0.1) is 0 Å². The van der Waals surface area contributed by atoms with Crippen LogP contribution in [0, 0.1) is 0 Å². The van der Waals surface area contributed by atoms with Gasteiger partial charge in [0.05, 0.1) is 11.9 Å². The molecule has 0 saturated carbocycles. The van der Waals surface area contributed by atoms with Gasteiger partial charge in [0.2, 0.25) is 0 Å². The fourth-order valence-electron chi connectivity index (χ4n) is 4.12. The van der Waals surface area contributed by atoms with E-state index in [2.05, 4.69) is 95.5 Å². The van der Waals surface area contributed by atoms with Gasteiger partial charge in [-0.1, -0.05) is 97.1 Å². The molecular formula is C28H22N2. The van der Waals surface area contributed by atoms with Crippen molar-refractivity contribution in [1.82, 2.24) is 0 Å². The average molecular weight is 386 g/mol. The number of hydrogen-bond acceptors (Lipinski definition) is 2. The molecule has 0 aromatic heterocycles. The Morgan fingerprint density at radius 1 is 0.633 bits per heavy atom. The summed E-state index contributed by atoms with van der Waals surface area (Å²) in [5.74, 6) is 0.183. The Morgan fingerprint density at radius 2 is 1.27 bits per heavy atom. The van der Waals surface area contributed by atoms with E-state index in [4.69, 9.17) is 0 Å². The van der Waals surface area contributed by atoms with Crippen molar-refractivity contribution in [2.45, 2.75) is 5.92 Å². The first-order valence-electron chi connectivity index (χ1n) is 10.2. The molecule has 4 aromatic rings. The van der Waals surface area contributed by atoms with Gasteiger partial charge in [-0.25, -0.2) is 0 Å². The SMILES string of the molecule is C1=C(c2ccccc2)C(c2ccccc2/C=N/Nc2ccccc2)c2ccccc21. The van der Waals surface area contributed by atoms with Crippen LogP contribution in [-0.2, 0) is 0 Å². The van der Waals surface area contributed by atoms with Gasteiger partial charge in [-0.2, -0.15) is 5.10 Å². The molecule has 0 aliphatic heterocycles. The second-order valence-corrected chi connectivity index (χ2v) is 7.39. The molecular weight excluding hydrogens is 364 g/mol. The number of rotatable bonds is 5. The Kier molecular flexibility index (Phi) is 4.97. The number of para-hydroxylation sites is 1. The summed E-state index contributed by atoms with van der Waals surface area (Å²) in [4.78, 5) is 0. The number of anilines is 1. The highest BCUT2D eigenvalue weighted by Crippen LogP contribution is 2.46. The summed E-state index contributed by atoms with van der Waals surface area (Å²) >= 11 is 0. The predicted molar refractivity (Wildman–Crippen MR) is 127 cm³/mol. The van der Waals surface area contributed by atoms with E-state index < -0.39 is 0 Å². The van der Waals surface area contributed by atoms with Gasteiger partial charge >= 0.3 is 0 Å². The maximum Gasteiger partial charge on any atom is 0.0561 e. The summed E-state index contributed by atoms with van der Waals surface area (Å²) in [5, 5.41) is 4.50. The third-order valence-corrected chi connectivity index (χ3v) is 5.51. The minimum absolute atomic E-state index is 0.183. The fraction of sp³-hybridized carbons (Fsp3) is 0.0357. The van der Waals surface area contributed by atoms with Gasteiger partial charge < -0.3 is 0 Å². The number of hydrazone groups is 1. The average Bonchev–Trinajstić information content (AvgIpc) is 3.20. The van der Waals surface area contributed by atoms with Crippen LogP contribution in [0.15, 0.2) is 114 Å². The third-order valence-electron chi connectivity index (χ3n) is 5.51. The fourth-order valence-corrected chi connectivity index (χ4v) is 4.12. The van der Waals surface area contributed by atoms with Gasteiger partial charge in [-0.3, -0.25) is 5.43 Å². The molecule has 0 amide bonds. The van der Waals surface area contributed by atoms with Crippen LogP contribution in [0.1, 0.15) is 33.7 Å². The number of nitrogens with zero attached hydrogens (tertiary/aromatic N) is 1. The highest BCUT2D eigenvalue weighted by molar-refractivity contribution is 5.95. The Labute approximate surface area is 177 Å². The van der Waals surface area contributed by atoms with E-state index >= 15 is 0 Å². The lowest BCUT2D eigenvalue weighted by Crippen LogP contribution is -2.05. The van der Waals surface area contributed by atoms with Gasteiger partial charge in [0.1, 0.15) is 0 Å². The molecule has 0 saturated heterocycles. The lowest BCUT2D eigenvalue weighted by atomic mass is 9.83. The molecule has 1 atom stereocenters. The molecule has 1 N–H and O–H groups in total. The van der Waals surface area contributed by atoms with E-state index in [0.717, 1.165) is 11.3 Å². The van der Waals surface area contributed by atoms with E-state index in [1.54, 1.807) is 0 Å². The van der Waals surface area contributed by atoms with Crippen molar-refractivity contribution >= 4 is 23.6 Å². The zero-order valence-electron chi connectivity index (χ0n) is 16.6. The molecule has 4 aromatic carbocycles. The Bertz CT molecular complexity index is 1210. The zero-order valence-corrected chi connectivity index (χ0v) is 16.6. The molecule has 1 aliphatic rings. The Balaban J connectivity index is 1.55. The lowest BCUT2D eigenvalue weighted by Gasteiger charge is -2.20. The quantitative estimate of drug-likeness (QED) is 0.295. The van der Waals surface area contributed by atoms with Crippen molar-refractivity contribution in [3.05, 3.63) is 137 Å². The molecule has 0 heterocycles. The minimum atomic E-state index is 0.183. The first kappa shape index (κ1) is 18.1. The lowest BCUT2D eigenvalue weighted by molar-refractivity contribution is 1.06. The third kappa shape index (κ3) is 3.56. The van der Waals surface area contributed by atoms with Gasteiger partial charge in [0.25, 0.3) is 0 Å². The van der Waals surface area contributed by atoms with Crippen molar-refractivity contribution < 1.29 is 0 Å². The van der Waals surface area contributed by atoms with E-state index in [0.29, 0.717) is 0 Å². The second-order valence-electron chi connectivity index (χ2n) is 7.39. The highest BCUT2D eigenvalue weighted by atomic mass is 15.3. The maximum atomic E-state index is 4.50. The molecule has 0 radical (unpaired) electrons. The highest BCUT2D eigenvalue weighted by Gasteiger charge is 2.28. The molecule has 0 spiro atoms. The smallest absolute Gasteiger partial charge is 0.0561 e. The van der Waals surface area contributed by atoms with Crippen molar-refractivity contribution in [2.75, 3.05) is 5.43 Å². The van der Waals surface area contributed by atoms with Gasteiger partial charge in [0, 0.05) is 5.92 Å². The Morgan fingerprint density at radius 3 is 2.07 bits per heavy atom. The molecule has 0 bridgehead atoms. The van der Waals surface area contributed by atoms with Crippen LogP contribution < -0.4 is 5.43 Å². The molecule has 2 heteroatoms. The van der Waals surface area contributed by atoms with Crippen molar-refractivity contribution in [3.63, 3.8) is 0 Å². The van der Waals surface area contributed by atoms with Crippen LogP contribution in [0.4, 0.5) is 5.69 Å². The van der Waals surface area contributed by atoms with E-state index in [1.807, 2.05) is 36.5 Å². The predicted octanol–water partition coefficient (Wildman–Crippen LogP) is 6.82. The van der Waals surface area contributed by atoms with Gasteiger partial charge in [0.15, 0.2) is 0 Å². The molecule has 5 rings (SSSR count). The number of allylic oxidation sites excluding steroid dienone is 1. The molecule has 144 valence electrons. The number of nitrogens with one attached hydrogen (secondary N) is 1. The standard InChI is InChI=1S/C28H22N2/c1-3-11-21(12-4-1)27-19-22-13-7-9-17-25(22)28(27)26-18-10-8-14-23(26)20-29-30-24-15-5-2-6-16-24/h1-20,28,30H/b29-20+. The molecule has 0 fully saturated rings. The van der Waals surface area contributed by atoms with Crippen molar-refractivity contribution in [1.29, 1.82) is 0 Å². The molecule has 2 nitrogen and oxygen atoms in total. The van der Waals surface area contributed by atoms with E-state index in [9.17, 15) is 0 Å². The summed E-state index contributed by atoms with van der Waals surface area (Å²) in [7, 11) is 0. The maximum absolute atomic E-state index is 4.50. The van der Waals surface area contributed by atoms with Crippen molar-refractivity contribution in [3.8, 4) is 0 Å². The largest absolute Gasteiger partial charge is 0.279 e. The first-order valence-corrected chi connectivity index (χ1v) is 10.2. The second kappa shape index (κ2) is 8.22. The van der Waals surface area contributed by atoms with Crippen LogP contribution >= 0.6 is 0 Å². The van der Waals surface area contributed by atoms with Crippen LogP contribution in [0.2, 0.25) is 0 Å². The molecule has 1 aliphatic carbocycles. The molecule has 1 unspecified atom stereocenters. The van der Waals surface area contributed by atoms with Crippen LogP contribution in [0.25, 0.3) is 11.6 Å². The summed E-state index contributed by atoms with van der Waals surface area (Å²) in [6.07, 6.45) is 4.25. The normalized spacial score (nSPS) is 15.1. The first-order chi connectivity index (χ1) is 14.9. The summed E-state index contributed by atoms with van der Waals surface area (Å²) in [6, 6.07) is 37.9. The van der Waals surface area contributed by atoms with Crippen molar-refractivity contribution in [2.24, 2.45) is 5.10 Å². The minimum Gasteiger partial charge on any atom is -0.279 e. The van der Waals surface area contributed by atoms with Gasteiger partial charge in [-0.05, 0) is 51.6 Å². The van der Waals surface area contributed by atoms with E-state index in [1.165, 1.54) is 27.8 Å².